The number of hydrogen-bond donors (Lipinski definition) is 1. The Morgan fingerprint density at radius 3 is 2.50 bits per heavy atom. The van der Waals surface area contributed by atoms with E-state index >= 15 is 0 Å². The molecule has 0 radical (unpaired) electrons. The molecule has 0 bridgehead atoms. The highest BCUT2D eigenvalue weighted by Gasteiger charge is 2.21. The molecule has 1 N–H and O–H groups in total. The fourth-order valence-corrected chi connectivity index (χ4v) is 3.77. The van der Waals surface area contributed by atoms with Crippen molar-refractivity contribution in [1.29, 1.82) is 0 Å². The molecule has 7 nitrogen and oxygen atoms in total. The van der Waals surface area contributed by atoms with Crippen LogP contribution in [0.4, 0.5) is 5.69 Å². The Balaban J connectivity index is 1.53. The van der Waals surface area contributed by atoms with Gasteiger partial charge < -0.3 is 24.8 Å². The highest BCUT2D eigenvalue weighted by atomic mass is 16.5. The van der Waals surface area contributed by atoms with E-state index in [1.807, 2.05) is 31.3 Å². The van der Waals surface area contributed by atoms with Crippen LogP contribution in [0.5, 0.6) is 5.75 Å². The molecule has 0 aliphatic carbocycles. The fourth-order valence-electron chi connectivity index (χ4n) is 3.77. The summed E-state index contributed by atoms with van der Waals surface area (Å²) in [6, 6.07) is 14.3. The average molecular weight is 438 g/mol. The Morgan fingerprint density at radius 1 is 1.09 bits per heavy atom. The van der Waals surface area contributed by atoms with Crippen molar-refractivity contribution in [3.63, 3.8) is 0 Å². The second-order valence-corrected chi connectivity index (χ2v) is 8.32. The fraction of sp³-hybridized carbons (Fsp3) is 0.440. The monoisotopic (exact) mass is 437 g/mol. The van der Waals surface area contributed by atoms with Crippen LogP contribution in [0.3, 0.4) is 0 Å². The Labute approximate surface area is 191 Å². The van der Waals surface area contributed by atoms with Crippen LogP contribution in [-0.4, -0.2) is 75.6 Å². The van der Waals surface area contributed by atoms with Gasteiger partial charge in [0.25, 0.3) is 5.91 Å². The minimum Gasteiger partial charge on any atom is -0.484 e. The molecular formula is C25H35N5O2. The topological polar surface area (TPSA) is 60.4 Å². The van der Waals surface area contributed by atoms with Crippen molar-refractivity contribution < 1.29 is 9.53 Å². The zero-order chi connectivity index (χ0) is 23.1. The summed E-state index contributed by atoms with van der Waals surface area (Å²) < 4.78 is 5.63. The summed E-state index contributed by atoms with van der Waals surface area (Å²) in [5.74, 6) is 1.53. The second kappa shape index (κ2) is 10.9. The van der Waals surface area contributed by atoms with Gasteiger partial charge in [-0.25, -0.2) is 0 Å². The number of nitrogens with one attached hydrogen (secondary N) is 1. The van der Waals surface area contributed by atoms with Gasteiger partial charge in [-0.1, -0.05) is 24.3 Å². The van der Waals surface area contributed by atoms with Crippen LogP contribution >= 0.6 is 0 Å². The number of hydrogen-bond acceptors (Lipinski definition) is 4. The van der Waals surface area contributed by atoms with Gasteiger partial charge in [-0.3, -0.25) is 9.79 Å². The summed E-state index contributed by atoms with van der Waals surface area (Å²) in [7, 11) is 5.27. The maximum absolute atomic E-state index is 11.7. The van der Waals surface area contributed by atoms with E-state index in [0.29, 0.717) is 12.3 Å². The summed E-state index contributed by atoms with van der Waals surface area (Å²) in [4.78, 5) is 22.5. The predicted molar refractivity (Wildman–Crippen MR) is 131 cm³/mol. The number of nitrogens with zero attached hydrogens (tertiary/aromatic N) is 4. The molecule has 3 rings (SSSR count). The lowest BCUT2D eigenvalue weighted by atomic mass is 10.1. The standard InChI is InChI=1S/C25H35N5O2/c1-19-8-6-11-23(20(19)2)29-12-14-30(15-13-29)25(26-3)27-17-21-9-7-10-22(16-21)32-18-24(31)28(4)5/h6-11,16H,12-15,17-18H2,1-5H3,(H,26,27). The predicted octanol–water partition coefficient (Wildman–Crippen LogP) is 2.67. The number of likely N-dealkylation sites (N-methyl/N-ethyl adjacent to an activating group) is 1. The Hall–Kier alpha value is -3.22. The number of aliphatic imine (C=N–C) groups is 1. The number of rotatable bonds is 6. The van der Waals surface area contributed by atoms with Crippen molar-refractivity contribution in [1.82, 2.24) is 15.1 Å². The van der Waals surface area contributed by atoms with Crippen molar-refractivity contribution in [3.05, 3.63) is 59.2 Å². The molecule has 172 valence electrons. The van der Waals surface area contributed by atoms with Crippen LogP contribution in [0, 0.1) is 13.8 Å². The third kappa shape index (κ3) is 5.93. The van der Waals surface area contributed by atoms with Gasteiger partial charge in [0, 0.05) is 59.6 Å². The van der Waals surface area contributed by atoms with Crippen molar-refractivity contribution >= 4 is 17.6 Å². The minimum absolute atomic E-state index is 0.0379. The van der Waals surface area contributed by atoms with E-state index in [2.05, 4.69) is 52.2 Å². The van der Waals surface area contributed by atoms with Gasteiger partial charge in [0.05, 0.1) is 0 Å². The molecule has 1 aliphatic rings. The molecule has 7 heteroatoms. The first-order chi connectivity index (χ1) is 15.4. The summed E-state index contributed by atoms with van der Waals surface area (Å²) >= 11 is 0. The van der Waals surface area contributed by atoms with Gasteiger partial charge in [-0.2, -0.15) is 0 Å². The summed E-state index contributed by atoms with van der Waals surface area (Å²) in [6.07, 6.45) is 0. The normalized spacial score (nSPS) is 14.3. The smallest absolute Gasteiger partial charge is 0.259 e. The van der Waals surface area contributed by atoms with E-state index in [-0.39, 0.29) is 12.5 Å². The van der Waals surface area contributed by atoms with Crippen LogP contribution in [0.25, 0.3) is 0 Å². The molecule has 2 aromatic rings. The number of aryl methyl sites for hydroxylation is 1. The zero-order valence-corrected chi connectivity index (χ0v) is 19.9. The van der Waals surface area contributed by atoms with E-state index in [1.165, 1.54) is 21.7 Å². The Bertz CT molecular complexity index is 949. The lowest BCUT2D eigenvalue weighted by molar-refractivity contribution is -0.130. The summed E-state index contributed by atoms with van der Waals surface area (Å²) in [5, 5.41) is 3.47. The number of benzene rings is 2. The van der Waals surface area contributed by atoms with E-state index in [0.717, 1.165) is 37.7 Å². The molecule has 1 heterocycles. The quantitative estimate of drug-likeness (QED) is 0.556. The van der Waals surface area contributed by atoms with E-state index in [4.69, 9.17) is 4.74 Å². The lowest BCUT2D eigenvalue weighted by Crippen LogP contribution is -2.52. The molecule has 1 fully saturated rings. The van der Waals surface area contributed by atoms with Crippen LogP contribution in [0.1, 0.15) is 16.7 Å². The van der Waals surface area contributed by atoms with Gasteiger partial charge in [-0.15, -0.1) is 0 Å². The third-order valence-corrected chi connectivity index (χ3v) is 5.92. The van der Waals surface area contributed by atoms with Crippen LogP contribution in [-0.2, 0) is 11.3 Å². The molecule has 1 saturated heterocycles. The Kier molecular flexibility index (Phi) is 7.98. The average Bonchev–Trinajstić information content (AvgIpc) is 2.80. The largest absolute Gasteiger partial charge is 0.484 e. The molecule has 0 atom stereocenters. The van der Waals surface area contributed by atoms with Gasteiger partial charge in [-0.05, 0) is 48.7 Å². The molecule has 2 aromatic carbocycles. The van der Waals surface area contributed by atoms with Crippen LogP contribution in [0.15, 0.2) is 47.5 Å². The van der Waals surface area contributed by atoms with Crippen molar-refractivity contribution in [2.24, 2.45) is 4.99 Å². The van der Waals surface area contributed by atoms with Gasteiger partial charge >= 0.3 is 0 Å². The molecule has 0 aromatic heterocycles. The molecular weight excluding hydrogens is 402 g/mol. The number of amides is 1. The lowest BCUT2D eigenvalue weighted by Gasteiger charge is -2.38. The molecule has 0 spiro atoms. The first-order valence-electron chi connectivity index (χ1n) is 11.1. The maximum atomic E-state index is 11.7. The number of carbonyl (C=O) groups is 1. The van der Waals surface area contributed by atoms with E-state index in [1.54, 1.807) is 14.1 Å². The highest BCUT2D eigenvalue weighted by Crippen LogP contribution is 2.24. The zero-order valence-electron chi connectivity index (χ0n) is 19.9. The molecule has 32 heavy (non-hydrogen) atoms. The third-order valence-electron chi connectivity index (χ3n) is 5.92. The number of piperazine rings is 1. The van der Waals surface area contributed by atoms with Gasteiger partial charge in [0.15, 0.2) is 12.6 Å². The van der Waals surface area contributed by atoms with Crippen molar-refractivity contribution in [2.75, 3.05) is 58.8 Å². The molecule has 0 unspecified atom stereocenters. The van der Waals surface area contributed by atoms with Crippen molar-refractivity contribution in [2.45, 2.75) is 20.4 Å². The molecule has 0 saturated carbocycles. The second-order valence-electron chi connectivity index (χ2n) is 8.32. The first-order valence-corrected chi connectivity index (χ1v) is 11.1. The SMILES string of the molecule is CN=C(NCc1cccc(OCC(=O)N(C)C)c1)N1CCN(c2cccc(C)c2C)CC1. The maximum Gasteiger partial charge on any atom is 0.259 e. The highest BCUT2D eigenvalue weighted by molar-refractivity contribution is 5.80. The van der Waals surface area contributed by atoms with E-state index in [9.17, 15) is 4.79 Å². The first kappa shape index (κ1) is 23.4. The summed E-state index contributed by atoms with van der Waals surface area (Å²) in [5.41, 5.74) is 5.10. The van der Waals surface area contributed by atoms with E-state index < -0.39 is 0 Å². The number of carbonyl (C=O) groups excluding carboxylic acids is 1. The molecule has 1 aliphatic heterocycles. The van der Waals surface area contributed by atoms with Gasteiger partial charge in [0.1, 0.15) is 5.75 Å². The minimum atomic E-state index is -0.0612. The Morgan fingerprint density at radius 2 is 1.81 bits per heavy atom. The van der Waals surface area contributed by atoms with Crippen LogP contribution < -0.4 is 15.0 Å². The number of anilines is 1. The van der Waals surface area contributed by atoms with Crippen molar-refractivity contribution in [3.8, 4) is 5.75 Å². The number of guanidine groups is 1. The van der Waals surface area contributed by atoms with Crippen LogP contribution in [0.2, 0.25) is 0 Å². The number of ether oxygens (including phenoxy) is 1. The molecule has 1 amide bonds. The van der Waals surface area contributed by atoms with Gasteiger partial charge in [0.2, 0.25) is 0 Å². The summed E-state index contributed by atoms with van der Waals surface area (Å²) in [6.45, 7) is 8.82.